The molecule has 198 valence electrons. The minimum atomic E-state index is -0.655. The lowest BCUT2D eigenvalue weighted by molar-refractivity contribution is -0.125. The second-order valence-corrected chi connectivity index (χ2v) is 10.6. The molecule has 1 saturated carbocycles. The van der Waals surface area contributed by atoms with E-state index in [1.54, 1.807) is 25.0 Å². The highest BCUT2D eigenvalue weighted by atomic mass is 16.5. The van der Waals surface area contributed by atoms with Crippen molar-refractivity contribution in [2.45, 2.75) is 57.8 Å². The Morgan fingerprint density at radius 2 is 1.86 bits per heavy atom. The number of carbonyl (C=O) groups is 2. The van der Waals surface area contributed by atoms with Gasteiger partial charge in [0.25, 0.3) is 0 Å². The Kier molecular flexibility index (Phi) is 9.78. The predicted molar refractivity (Wildman–Crippen MR) is 145 cm³/mol. The van der Waals surface area contributed by atoms with Gasteiger partial charge >= 0.3 is 6.92 Å². The third kappa shape index (κ3) is 7.90. The van der Waals surface area contributed by atoms with Crippen molar-refractivity contribution in [1.82, 2.24) is 10.2 Å². The first-order valence-electron chi connectivity index (χ1n) is 13.6. The van der Waals surface area contributed by atoms with Crippen LogP contribution < -0.4 is 5.32 Å². The van der Waals surface area contributed by atoms with E-state index in [0.717, 1.165) is 37.9 Å². The normalized spacial score (nSPS) is 18.0. The van der Waals surface area contributed by atoms with E-state index in [-0.39, 0.29) is 29.8 Å². The number of rotatable bonds is 12. The van der Waals surface area contributed by atoms with Gasteiger partial charge in [-0.1, -0.05) is 56.4 Å². The Bertz CT molecular complexity index is 1040. The molecule has 0 bridgehead atoms. The summed E-state index contributed by atoms with van der Waals surface area (Å²) in [4.78, 5) is 29.1. The first-order valence-corrected chi connectivity index (χ1v) is 13.6. The number of benzene rings is 2. The maximum Gasteiger partial charge on any atom is 0.308 e. The van der Waals surface area contributed by atoms with Crippen LogP contribution in [0.3, 0.4) is 0 Å². The van der Waals surface area contributed by atoms with E-state index < -0.39 is 12.8 Å². The van der Waals surface area contributed by atoms with Crippen molar-refractivity contribution in [2.75, 3.05) is 26.3 Å². The number of nitrogens with zero attached hydrogens (tertiary/aromatic N) is 1. The van der Waals surface area contributed by atoms with E-state index in [0.29, 0.717) is 43.2 Å². The molecule has 1 amide bonds. The molecule has 0 radical (unpaired) electrons. The molecule has 1 heterocycles. The largest absolute Gasteiger partial charge is 0.508 e. The number of phenols is 1. The zero-order valence-electron chi connectivity index (χ0n) is 21.8. The van der Waals surface area contributed by atoms with E-state index in [1.807, 2.05) is 30.3 Å². The second kappa shape index (κ2) is 13.2. The maximum absolute atomic E-state index is 13.5. The number of aromatic hydroxyl groups is 1. The fraction of sp³-hybridized carbons (Fsp3) is 0.517. The molecule has 0 spiro atoms. The van der Waals surface area contributed by atoms with Crippen molar-refractivity contribution in [2.24, 2.45) is 11.8 Å². The maximum atomic E-state index is 13.5. The summed E-state index contributed by atoms with van der Waals surface area (Å²) in [6.07, 6.45) is 4.73. The molecular weight excluding hydrogens is 467 g/mol. The fourth-order valence-electron chi connectivity index (χ4n) is 5.15. The van der Waals surface area contributed by atoms with Crippen molar-refractivity contribution in [3.63, 3.8) is 0 Å². The molecule has 0 unspecified atom stereocenters. The minimum absolute atomic E-state index is 0.0540. The first-order chi connectivity index (χ1) is 17.9. The summed E-state index contributed by atoms with van der Waals surface area (Å²) < 4.78 is 5.41. The van der Waals surface area contributed by atoms with Gasteiger partial charge in [0.2, 0.25) is 5.91 Å². The molecule has 8 heteroatoms. The van der Waals surface area contributed by atoms with Crippen molar-refractivity contribution in [3.8, 4) is 5.75 Å². The van der Waals surface area contributed by atoms with Gasteiger partial charge < -0.3 is 20.2 Å². The lowest BCUT2D eigenvalue weighted by atomic mass is 9.59. The third-order valence-electron chi connectivity index (χ3n) is 7.75. The molecule has 1 saturated heterocycles. The van der Waals surface area contributed by atoms with E-state index in [2.05, 4.69) is 10.2 Å². The Morgan fingerprint density at radius 3 is 2.51 bits per heavy atom. The van der Waals surface area contributed by atoms with Crippen molar-refractivity contribution >= 4 is 18.6 Å². The predicted octanol–water partition coefficient (Wildman–Crippen LogP) is 3.48. The molecule has 2 aliphatic rings. The highest BCUT2D eigenvalue weighted by molar-refractivity contribution is 6.51. The van der Waals surface area contributed by atoms with Crippen LogP contribution in [0.4, 0.5) is 0 Å². The number of Topliss-reactive ketones (excluding diaryl/α,β-unsaturated/α-hetero) is 1. The van der Waals surface area contributed by atoms with Crippen molar-refractivity contribution in [3.05, 3.63) is 65.2 Å². The average Bonchev–Trinajstić information content (AvgIpc) is 2.87. The number of ether oxygens (including phenoxy) is 1. The SMILES string of the molecule is CB(O)[C@H](CC1CCC1)NC(=O)[C@@H](CC(=O)c1ccc(O)c(CN2CCOCC2)c1)Cc1ccccc1. The molecule has 4 rings (SSSR count). The number of nitrogens with one attached hydrogen (secondary N) is 1. The average molecular weight is 506 g/mol. The number of morpholine rings is 1. The summed E-state index contributed by atoms with van der Waals surface area (Å²) in [6, 6.07) is 14.7. The number of ketones is 1. The third-order valence-corrected chi connectivity index (χ3v) is 7.75. The van der Waals surface area contributed by atoms with Gasteiger partial charge in [-0.15, -0.1) is 0 Å². The van der Waals surface area contributed by atoms with E-state index in [1.165, 1.54) is 6.42 Å². The van der Waals surface area contributed by atoms with Crippen LogP contribution in [0, 0.1) is 11.8 Å². The number of phenolic OH excluding ortho intramolecular Hbond substituents is 1. The highest BCUT2D eigenvalue weighted by Crippen LogP contribution is 2.31. The molecule has 7 nitrogen and oxygen atoms in total. The van der Waals surface area contributed by atoms with Crippen molar-refractivity contribution < 1.29 is 24.5 Å². The van der Waals surface area contributed by atoms with Gasteiger partial charge in [-0.05, 0) is 42.5 Å². The van der Waals surface area contributed by atoms with Crippen LogP contribution in [0.1, 0.15) is 53.6 Å². The van der Waals surface area contributed by atoms with Crippen LogP contribution in [-0.2, 0) is 22.5 Å². The van der Waals surface area contributed by atoms with Crippen LogP contribution in [0.15, 0.2) is 48.5 Å². The molecule has 3 N–H and O–H groups in total. The van der Waals surface area contributed by atoms with Crippen LogP contribution in [0.2, 0.25) is 6.82 Å². The van der Waals surface area contributed by atoms with Crippen LogP contribution in [0.5, 0.6) is 5.75 Å². The van der Waals surface area contributed by atoms with E-state index in [9.17, 15) is 19.7 Å². The Balaban J connectivity index is 1.47. The Labute approximate surface area is 220 Å². The number of hydrogen-bond acceptors (Lipinski definition) is 6. The van der Waals surface area contributed by atoms with Gasteiger partial charge in [0.15, 0.2) is 5.78 Å². The molecule has 2 aromatic rings. The van der Waals surface area contributed by atoms with Gasteiger partial charge in [-0.2, -0.15) is 0 Å². The molecule has 1 aliphatic heterocycles. The summed E-state index contributed by atoms with van der Waals surface area (Å²) in [6.45, 7) is 4.48. The topological polar surface area (TPSA) is 99.1 Å². The summed E-state index contributed by atoms with van der Waals surface area (Å²) in [7, 11) is 0. The Morgan fingerprint density at radius 1 is 1.14 bits per heavy atom. The fourth-order valence-corrected chi connectivity index (χ4v) is 5.15. The standard InChI is InChI=1S/C29H39BN2O5/c1-30(36)28(17-22-8-5-9-22)31-29(35)24(16-21-6-3-2-4-7-21)19-27(34)23-10-11-26(33)25(18-23)20-32-12-14-37-15-13-32/h2-4,6-7,10-11,18,22,24,28,33,36H,5,8-9,12-17,19-20H2,1H3,(H,31,35)/t24-,28+/m1/s1. The lowest BCUT2D eigenvalue weighted by Gasteiger charge is -2.31. The van der Waals surface area contributed by atoms with Gasteiger partial charge in [-0.25, -0.2) is 0 Å². The smallest absolute Gasteiger partial charge is 0.308 e. The quantitative estimate of drug-likeness (QED) is 0.301. The molecule has 0 aromatic heterocycles. The lowest BCUT2D eigenvalue weighted by Crippen LogP contribution is -2.49. The van der Waals surface area contributed by atoms with Gasteiger partial charge in [-0.3, -0.25) is 14.5 Å². The molecule has 2 atom stereocenters. The summed E-state index contributed by atoms with van der Waals surface area (Å²) in [5.74, 6) is -0.510. The summed E-state index contributed by atoms with van der Waals surface area (Å²) >= 11 is 0. The van der Waals surface area contributed by atoms with E-state index >= 15 is 0 Å². The monoisotopic (exact) mass is 506 g/mol. The molecule has 37 heavy (non-hydrogen) atoms. The molecule has 2 aromatic carbocycles. The Hall–Kier alpha value is -2.68. The second-order valence-electron chi connectivity index (χ2n) is 10.6. The van der Waals surface area contributed by atoms with Gasteiger partial charge in [0, 0.05) is 49.0 Å². The molecule has 2 fully saturated rings. The first kappa shape index (κ1) is 27.4. The molecule has 1 aliphatic carbocycles. The van der Waals surface area contributed by atoms with Crippen LogP contribution in [0.25, 0.3) is 0 Å². The zero-order chi connectivity index (χ0) is 26.2. The number of carbonyl (C=O) groups excluding carboxylic acids is 2. The zero-order valence-corrected chi connectivity index (χ0v) is 21.8. The number of hydrogen-bond donors (Lipinski definition) is 3. The van der Waals surface area contributed by atoms with Gasteiger partial charge in [0.1, 0.15) is 5.75 Å². The van der Waals surface area contributed by atoms with E-state index in [4.69, 9.17) is 4.74 Å². The van der Waals surface area contributed by atoms with Crippen molar-refractivity contribution in [1.29, 1.82) is 0 Å². The van der Waals surface area contributed by atoms with Gasteiger partial charge in [0.05, 0.1) is 13.2 Å². The summed E-state index contributed by atoms with van der Waals surface area (Å²) in [5, 5.41) is 23.8. The highest BCUT2D eigenvalue weighted by Gasteiger charge is 2.31. The summed E-state index contributed by atoms with van der Waals surface area (Å²) in [5.41, 5.74) is 2.18. The molecular formula is C29H39BN2O5. The van der Waals surface area contributed by atoms with Crippen LogP contribution in [-0.4, -0.2) is 65.9 Å². The minimum Gasteiger partial charge on any atom is -0.508 e. The number of amides is 1. The van der Waals surface area contributed by atoms with Crippen LogP contribution >= 0.6 is 0 Å².